The van der Waals surface area contributed by atoms with Gasteiger partial charge in [0.15, 0.2) is 11.5 Å². The highest BCUT2D eigenvalue weighted by molar-refractivity contribution is 9.10. The Labute approximate surface area is 165 Å². The molecule has 0 bridgehead atoms. The van der Waals surface area contributed by atoms with Crippen molar-refractivity contribution in [3.63, 3.8) is 0 Å². The number of carbonyl (C=O) groups is 2. The van der Waals surface area contributed by atoms with Gasteiger partial charge in [0.1, 0.15) is 13.2 Å². The van der Waals surface area contributed by atoms with Crippen molar-refractivity contribution in [2.75, 3.05) is 24.7 Å². The van der Waals surface area contributed by atoms with Gasteiger partial charge in [-0.05, 0) is 64.3 Å². The standard InChI is InChI=1S/C20H19BrN2O4/c21-16-10-13(11-17-19(16)27-9-8-26-17)12-22-20(25)14-3-5-15(6-4-14)23-7-1-2-18(23)24/h3-6,10-11H,1-2,7-9,12H2,(H,22,25). The van der Waals surface area contributed by atoms with Gasteiger partial charge in [-0.1, -0.05) is 0 Å². The molecule has 2 aromatic carbocycles. The molecule has 0 unspecified atom stereocenters. The number of carbonyl (C=O) groups excluding carboxylic acids is 2. The lowest BCUT2D eigenvalue weighted by atomic mass is 10.1. The lowest BCUT2D eigenvalue weighted by Crippen LogP contribution is -2.25. The van der Waals surface area contributed by atoms with E-state index in [4.69, 9.17) is 9.47 Å². The van der Waals surface area contributed by atoms with Gasteiger partial charge in [-0.2, -0.15) is 0 Å². The molecule has 7 heteroatoms. The van der Waals surface area contributed by atoms with E-state index in [9.17, 15) is 9.59 Å². The van der Waals surface area contributed by atoms with Crippen LogP contribution in [0, 0.1) is 0 Å². The van der Waals surface area contributed by atoms with Crippen molar-refractivity contribution in [2.24, 2.45) is 0 Å². The Hall–Kier alpha value is -2.54. The fourth-order valence-corrected chi connectivity index (χ4v) is 3.87. The van der Waals surface area contributed by atoms with Crippen LogP contribution in [0.5, 0.6) is 11.5 Å². The first kappa shape index (κ1) is 17.9. The average Bonchev–Trinajstić information content (AvgIpc) is 3.12. The van der Waals surface area contributed by atoms with Gasteiger partial charge >= 0.3 is 0 Å². The summed E-state index contributed by atoms with van der Waals surface area (Å²) in [4.78, 5) is 26.0. The lowest BCUT2D eigenvalue weighted by molar-refractivity contribution is -0.117. The maximum absolute atomic E-state index is 12.4. The van der Waals surface area contributed by atoms with Crippen molar-refractivity contribution in [3.8, 4) is 11.5 Å². The first-order valence-electron chi connectivity index (χ1n) is 8.88. The zero-order chi connectivity index (χ0) is 18.8. The molecule has 140 valence electrons. The van der Waals surface area contributed by atoms with Gasteiger partial charge in [0.05, 0.1) is 4.47 Å². The lowest BCUT2D eigenvalue weighted by Gasteiger charge is -2.20. The number of amides is 2. The van der Waals surface area contributed by atoms with E-state index < -0.39 is 0 Å². The topological polar surface area (TPSA) is 67.9 Å². The third kappa shape index (κ3) is 3.78. The zero-order valence-corrected chi connectivity index (χ0v) is 16.3. The molecule has 1 fully saturated rings. The molecule has 2 aromatic rings. The van der Waals surface area contributed by atoms with Crippen LogP contribution in [0.25, 0.3) is 0 Å². The summed E-state index contributed by atoms with van der Waals surface area (Å²) >= 11 is 3.48. The molecular weight excluding hydrogens is 412 g/mol. The quantitative estimate of drug-likeness (QED) is 0.807. The predicted octanol–water partition coefficient (Wildman–Crippen LogP) is 3.28. The van der Waals surface area contributed by atoms with E-state index in [1.807, 2.05) is 24.3 Å². The number of nitrogens with zero attached hydrogens (tertiary/aromatic N) is 1. The Kier molecular flexibility index (Phi) is 5.03. The number of rotatable bonds is 4. The maximum atomic E-state index is 12.4. The van der Waals surface area contributed by atoms with Crippen molar-refractivity contribution in [1.29, 1.82) is 0 Å². The van der Waals surface area contributed by atoms with Gasteiger partial charge in [0.2, 0.25) is 5.91 Å². The van der Waals surface area contributed by atoms with Crippen molar-refractivity contribution in [1.82, 2.24) is 5.32 Å². The van der Waals surface area contributed by atoms with E-state index >= 15 is 0 Å². The van der Waals surface area contributed by atoms with Gasteiger partial charge in [-0.25, -0.2) is 0 Å². The van der Waals surface area contributed by atoms with Gasteiger partial charge in [-0.3, -0.25) is 9.59 Å². The summed E-state index contributed by atoms with van der Waals surface area (Å²) in [5, 5.41) is 2.91. The zero-order valence-electron chi connectivity index (χ0n) is 14.7. The minimum absolute atomic E-state index is 0.136. The van der Waals surface area contributed by atoms with Crippen molar-refractivity contribution in [2.45, 2.75) is 19.4 Å². The van der Waals surface area contributed by atoms with Crippen LogP contribution >= 0.6 is 15.9 Å². The van der Waals surface area contributed by atoms with E-state index in [2.05, 4.69) is 21.2 Å². The molecule has 0 atom stereocenters. The van der Waals surface area contributed by atoms with Crippen LogP contribution in [0.3, 0.4) is 0 Å². The minimum Gasteiger partial charge on any atom is -0.486 e. The molecule has 2 aliphatic rings. The molecule has 0 aliphatic carbocycles. The average molecular weight is 431 g/mol. The number of nitrogens with one attached hydrogen (secondary N) is 1. The third-order valence-corrected chi connectivity index (χ3v) is 5.21. The van der Waals surface area contributed by atoms with Crippen LogP contribution in [0.2, 0.25) is 0 Å². The molecule has 0 aromatic heterocycles. The summed E-state index contributed by atoms with van der Waals surface area (Å²) in [5.74, 6) is 1.35. The second-order valence-electron chi connectivity index (χ2n) is 6.48. The van der Waals surface area contributed by atoms with E-state index in [0.29, 0.717) is 43.2 Å². The van der Waals surface area contributed by atoms with Crippen molar-refractivity contribution in [3.05, 3.63) is 52.0 Å². The first-order valence-corrected chi connectivity index (χ1v) is 9.68. The monoisotopic (exact) mass is 430 g/mol. The van der Waals surface area contributed by atoms with Crippen molar-refractivity contribution >= 4 is 33.4 Å². The molecule has 2 amide bonds. The van der Waals surface area contributed by atoms with Gasteiger partial charge in [-0.15, -0.1) is 0 Å². The summed E-state index contributed by atoms with van der Waals surface area (Å²) in [6, 6.07) is 10.9. The molecule has 4 rings (SSSR count). The van der Waals surface area contributed by atoms with Crippen LogP contribution in [0.15, 0.2) is 40.9 Å². The second kappa shape index (κ2) is 7.60. The highest BCUT2D eigenvalue weighted by Gasteiger charge is 2.22. The van der Waals surface area contributed by atoms with Gasteiger partial charge in [0, 0.05) is 30.8 Å². The van der Waals surface area contributed by atoms with Gasteiger partial charge < -0.3 is 19.7 Å². The fourth-order valence-electron chi connectivity index (χ4n) is 3.26. The number of fused-ring (bicyclic) bond motifs is 1. The summed E-state index contributed by atoms with van der Waals surface area (Å²) in [6.07, 6.45) is 1.47. The molecule has 1 N–H and O–H groups in total. The highest BCUT2D eigenvalue weighted by Crippen LogP contribution is 2.38. The predicted molar refractivity (Wildman–Crippen MR) is 104 cm³/mol. The summed E-state index contributed by atoms with van der Waals surface area (Å²) < 4.78 is 12.0. The van der Waals surface area contributed by atoms with Crippen molar-refractivity contribution < 1.29 is 19.1 Å². The number of anilines is 1. The normalized spacial score (nSPS) is 15.7. The second-order valence-corrected chi connectivity index (χ2v) is 7.33. The Balaban J connectivity index is 1.41. The van der Waals surface area contributed by atoms with Gasteiger partial charge in [0.25, 0.3) is 5.91 Å². The molecule has 6 nitrogen and oxygen atoms in total. The Bertz CT molecular complexity index is 882. The number of halogens is 1. The first-order chi connectivity index (χ1) is 13.1. The largest absolute Gasteiger partial charge is 0.486 e. The maximum Gasteiger partial charge on any atom is 0.251 e. The van der Waals surface area contributed by atoms with Crippen LogP contribution < -0.4 is 19.7 Å². The molecule has 0 saturated carbocycles. The SMILES string of the molecule is O=C(NCc1cc(Br)c2c(c1)OCCO2)c1ccc(N2CCCC2=O)cc1. The van der Waals surface area contributed by atoms with Crippen LogP contribution in [-0.2, 0) is 11.3 Å². The molecule has 0 radical (unpaired) electrons. The summed E-state index contributed by atoms with van der Waals surface area (Å²) in [5.41, 5.74) is 2.31. The fraction of sp³-hybridized carbons (Fsp3) is 0.300. The number of hydrogen-bond acceptors (Lipinski definition) is 4. The van der Waals surface area contributed by atoms with Crippen LogP contribution in [0.4, 0.5) is 5.69 Å². The molecular formula is C20H19BrN2O4. The number of ether oxygens (including phenoxy) is 2. The summed E-state index contributed by atoms with van der Waals surface area (Å²) in [6.45, 7) is 2.16. The molecule has 1 saturated heterocycles. The molecule has 27 heavy (non-hydrogen) atoms. The molecule has 2 aliphatic heterocycles. The van der Waals surface area contributed by atoms with Crippen LogP contribution in [0.1, 0.15) is 28.8 Å². The molecule has 2 heterocycles. The van der Waals surface area contributed by atoms with E-state index in [1.54, 1.807) is 17.0 Å². The van der Waals surface area contributed by atoms with E-state index in [1.165, 1.54) is 0 Å². The molecule has 0 spiro atoms. The van der Waals surface area contributed by atoms with Crippen LogP contribution in [-0.4, -0.2) is 31.6 Å². The highest BCUT2D eigenvalue weighted by atomic mass is 79.9. The third-order valence-electron chi connectivity index (χ3n) is 4.62. The van der Waals surface area contributed by atoms with E-state index in [0.717, 1.165) is 28.7 Å². The number of benzene rings is 2. The summed E-state index contributed by atoms with van der Waals surface area (Å²) in [7, 11) is 0. The Morgan fingerprint density at radius 2 is 1.93 bits per heavy atom. The Morgan fingerprint density at radius 1 is 1.15 bits per heavy atom. The smallest absolute Gasteiger partial charge is 0.251 e. The van der Waals surface area contributed by atoms with E-state index in [-0.39, 0.29) is 11.8 Å². The Morgan fingerprint density at radius 3 is 2.67 bits per heavy atom. The minimum atomic E-state index is -0.166. The number of hydrogen-bond donors (Lipinski definition) is 1.